The molecule has 1 aliphatic heterocycles. The monoisotopic (exact) mass is 277 g/mol. The molecule has 2 heterocycles. The van der Waals surface area contributed by atoms with Crippen LogP contribution < -0.4 is 14.8 Å². The van der Waals surface area contributed by atoms with Crippen LogP contribution in [0.4, 0.5) is 5.69 Å². The number of fused-ring (bicyclic) bond motifs is 1. The molecule has 96 valence electrons. The van der Waals surface area contributed by atoms with Crippen molar-refractivity contribution in [1.82, 2.24) is 9.97 Å². The first kappa shape index (κ1) is 11.7. The van der Waals surface area contributed by atoms with Crippen molar-refractivity contribution >= 4 is 23.2 Å². The van der Waals surface area contributed by atoms with E-state index in [9.17, 15) is 4.79 Å². The zero-order chi connectivity index (χ0) is 13.2. The molecule has 19 heavy (non-hydrogen) atoms. The number of hydrogen-bond donors (Lipinski definition) is 1. The number of benzene rings is 1. The lowest BCUT2D eigenvalue weighted by atomic mass is 10.2. The number of nitrogens with zero attached hydrogens (tertiary/aromatic N) is 2. The minimum absolute atomic E-state index is 0.182. The van der Waals surface area contributed by atoms with Crippen LogP contribution in [0.1, 0.15) is 10.5 Å². The third-order valence-electron chi connectivity index (χ3n) is 2.48. The van der Waals surface area contributed by atoms with Crippen molar-refractivity contribution < 1.29 is 14.3 Å². The fourth-order valence-corrected chi connectivity index (χ4v) is 1.70. The lowest BCUT2D eigenvalue weighted by Gasteiger charge is -2.05. The molecule has 2 aromatic rings. The zero-order valence-electron chi connectivity index (χ0n) is 9.59. The quantitative estimate of drug-likeness (QED) is 0.910. The summed E-state index contributed by atoms with van der Waals surface area (Å²) in [5, 5.41) is 2.92. The fourth-order valence-electron chi connectivity index (χ4n) is 1.60. The van der Waals surface area contributed by atoms with Gasteiger partial charge in [-0.25, -0.2) is 9.97 Å². The summed E-state index contributed by atoms with van der Waals surface area (Å²) in [6, 6.07) is 5.13. The minimum Gasteiger partial charge on any atom is -0.454 e. The average molecular weight is 278 g/mol. The SMILES string of the molecule is O=C(Nc1ccc2c(c1)OCO2)c1cnc(Cl)cn1. The Hall–Kier alpha value is -2.34. The summed E-state index contributed by atoms with van der Waals surface area (Å²) in [6.45, 7) is 0.190. The van der Waals surface area contributed by atoms with Crippen LogP contribution in [0.5, 0.6) is 11.5 Å². The predicted molar refractivity (Wildman–Crippen MR) is 67.6 cm³/mol. The van der Waals surface area contributed by atoms with Crippen LogP contribution in [0.25, 0.3) is 0 Å². The highest BCUT2D eigenvalue weighted by Crippen LogP contribution is 2.34. The van der Waals surface area contributed by atoms with Crippen LogP contribution in [0, 0.1) is 0 Å². The first-order chi connectivity index (χ1) is 9.22. The fraction of sp³-hybridized carbons (Fsp3) is 0.0833. The standard InChI is InChI=1S/C12H8ClN3O3/c13-11-5-14-8(4-15-11)12(17)16-7-1-2-9-10(3-7)19-6-18-9/h1-5H,6H2,(H,16,17). The van der Waals surface area contributed by atoms with Gasteiger partial charge in [0.15, 0.2) is 11.5 Å². The third kappa shape index (κ3) is 2.43. The number of carbonyl (C=O) groups is 1. The molecule has 0 saturated heterocycles. The molecular weight excluding hydrogens is 270 g/mol. The molecule has 7 heteroatoms. The molecule has 0 atom stereocenters. The Morgan fingerprint density at radius 1 is 1.21 bits per heavy atom. The van der Waals surface area contributed by atoms with Gasteiger partial charge in [-0.3, -0.25) is 4.79 Å². The maximum absolute atomic E-state index is 11.9. The maximum Gasteiger partial charge on any atom is 0.275 e. The van der Waals surface area contributed by atoms with E-state index in [1.165, 1.54) is 12.4 Å². The van der Waals surface area contributed by atoms with Crippen LogP contribution in [0.3, 0.4) is 0 Å². The minimum atomic E-state index is -0.372. The summed E-state index contributed by atoms with van der Waals surface area (Å²) >= 11 is 5.60. The molecule has 0 radical (unpaired) electrons. The second-order valence-electron chi connectivity index (χ2n) is 3.75. The van der Waals surface area contributed by atoms with E-state index in [1.807, 2.05) is 0 Å². The molecule has 0 aliphatic carbocycles. The normalized spacial score (nSPS) is 12.3. The van der Waals surface area contributed by atoms with E-state index in [2.05, 4.69) is 15.3 Å². The largest absolute Gasteiger partial charge is 0.454 e. The predicted octanol–water partition coefficient (Wildman–Crippen LogP) is 2.11. The summed E-state index contributed by atoms with van der Waals surface area (Å²) in [5.74, 6) is 0.882. The van der Waals surface area contributed by atoms with Gasteiger partial charge in [0.2, 0.25) is 6.79 Å². The number of halogens is 1. The Kier molecular flexibility index (Phi) is 2.92. The van der Waals surface area contributed by atoms with Crippen molar-refractivity contribution in [2.75, 3.05) is 12.1 Å². The van der Waals surface area contributed by atoms with Gasteiger partial charge in [-0.2, -0.15) is 0 Å². The number of amides is 1. The summed E-state index contributed by atoms with van der Waals surface area (Å²) in [4.78, 5) is 19.6. The molecule has 0 saturated carbocycles. The van der Waals surface area contributed by atoms with E-state index in [0.717, 1.165) is 0 Å². The van der Waals surface area contributed by atoms with Crippen LogP contribution in [0.15, 0.2) is 30.6 Å². The Morgan fingerprint density at radius 2 is 2.05 bits per heavy atom. The molecule has 6 nitrogen and oxygen atoms in total. The van der Waals surface area contributed by atoms with Crippen molar-refractivity contribution in [3.8, 4) is 11.5 Å². The number of anilines is 1. The van der Waals surface area contributed by atoms with Crippen molar-refractivity contribution in [3.63, 3.8) is 0 Å². The lowest BCUT2D eigenvalue weighted by molar-refractivity contribution is 0.102. The Balaban J connectivity index is 1.77. The second kappa shape index (κ2) is 4.74. The number of hydrogen-bond acceptors (Lipinski definition) is 5. The molecule has 1 aliphatic rings. The van der Waals surface area contributed by atoms with Crippen LogP contribution >= 0.6 is 11.6 Å². The molecule has 0 bridgehead atoms. The molecule has 0 unspecified atom stereocenters. The molecule has 1 aromatic heterocycles. The Bertz CT molecular complexity index is 631. The van der Waals surface area contributed by atoms with Gasteiger partial charge >= 0.3 is 0 Å². The highest BCUT2D eigenvalue weighted by molar-refractivity contribution is 6.29. The van der Waals surface area contributed by atoms with E-state index in [4.69, 9.17) is 21.1 Å². The molecule has 0 fully saturated rings. The maximum atomic E-state index is 11.9. The molecular formula is C12H8ClN3O3. The van der Waals surface area contributed by atoms with E-state index in [-0.39, 0.29) is 23.5 Å². The van der Waals surface area contributed by atoms with Crippen molar-refractivity contribution in [2.45, 2.75) is 0 Å². The zero-order valence-corrected chi connectivity index (χ0v) is 10.3. The van der Waals surface area contributed by atoms with Gasteiger partial charge in [-0.05, 0) is 12.1 Å². The van der Waals surface area contributed by atoms with Gasteiger partial charge in [0.25, 0.3) is 5.91 Å². The Morgan fingerprint density at radius 3 is 2.84 bits per heavy atom. The third-order valence-corrected chi connectivity index (χ3v) is 2.68. The number of ether oxygens (including phenoxy) is 2. The van der Waals surface area contributed by atoms with Gasteiger partial charge in [-0.1, -0.05) is 11.6 Å². The van der Waals surface area contributed by atoms with Crippen molar-refractivity contribution in [3.05, 3.63) is 41.4 Å². The van der Waals surface area contributed by atoms with Crippen molar-refractivity contribution in [1.29, 1.82) is 0 Å². The van der Waals surface area contributed by atoms with Crippen LogP contribution in [-0.2, 0) is 0 Å². The number of nitrogens with one attached hydrogen (secondary N) is 1. The second-order valence-corrected chi connectivity index (χ2v) is 4.13. The van der Waals surface area contributed by atoms with E-state index in [0.29, 0.717) is 17.2 Å². The summed E-state index contributed by atoms with van der Waals surface area (Å²) < 4.78 is 10.4. The van der Waals surface area contributed by atoms with Crippen LogP contribution in [0.2, 0.25) is 5.15 Å². The van der Waals surface area contributed by atoms with Gasteiger partial charge in [0.05, 0.1) is 12.4 Å². The molecule has 3 rings (SSSR count). The molecule has 1 amide bonds. The van der Waals surface area contributed by atoms with Crippen LogP contribution in [-0.4, -0.2) is 22.7 Å². The lowest BCUT2D eigenvalue weighted by Crippen LogP contribution is -2.13. The summed E-state index contributed by atoms with van der Waals surface area (Å²) in [5.41, 5.74) is 0.771. The highest BCUT2D eigenvalue weighted by atomic mass is 35.5. The average Bonchev–Trinajstić information content (AvgIpc) is 2.87. The molecule has 0 spiro atoms. The van der Waals surface area contributed by atoms with E-state index < -0.39 is 0 Å². The number of aromatic nitrogens is 2. The summed E-state index contributed by atoms with van der Waals surface area (Å²) in [6.07, 6.45) is 2.63. The molecule has 1 N–H and O–H groups in total. The first-order valence-electron chi connectivity index (χ1n) is 5.41. The van der Waals surface area contributed by atoms with Gasteiger partial charge < -0.3 is 14.8 Å². The van der Waals surface area contributed by atoms with Gasteiger partial charge in [0, 0.05) is 11.8 Å². The molecule has 1 aromatic carbocycles. The van der Waals surface area contributed by atoms with E-state index >= 15 is 0 Å². The van der Waals surface area contributed by atoms with Gasteiger partial charge in [-0.15, -0.1) is 0 Å². The number of carbonyl (C=O) groups excluding carboxylic acids is 1. The highest BCUT2D eigenvalue weighted by Gasteiger charge is 2.15. The summed E-state index contributed by atoms with van der Waals surface area (Å²) in [7, 11) is 0. The Labute approximate surface area is 113 Å². The first-order valence-corrected chi connectivity index (χ1v) is 5.79. The van der Waals surface area contributed by atoms with Gasteiger partial charge in [0.1, 0.15) is 10.8 Å². The topological polar surface area (TPSA) is 73.3 Å². The smallest absolute Gasteiger partial charge is 0.275 e. The van der Waals surface area contributed by atoms with E-state index in [1.54, 1.807) is 18.2 Å². The number of rotatable bonds is 2. The van der Waals surface area contributed by atoms with Crippen molar-refractivity contribution in [2.24, 2.45) is 0 Å².